The fourth-order valence-electron chi connectivity index (χ4n) is 4.12. The molecule has 0 saturated heterocycles. The largest absolute Gasteiger partial charge is 0.514 e. The van der Waals surface area contributed by atoms with Gasteiger partial charge in [0.15, 0.2) is 0 Å². The molecule has 3 aromatic carbocycles. The Morgan fingerprint density at radius 3 is 2.84 bits per heavy atom. The van der Waals surface area contributed by atoms with Gasteiger partial charge in [-0.2, -0.15) is 0 Å². The quantitative estimate of drug-likeness (QED) is 0.329. The summed E-state index contributed by atoms with van der Waals surface area (Å²) in [6, 6.07) is 24.7. The van der Waals surface area contributed by atoms with Gasteiger partial charge >= 0.3 is 0 Å². The minimum absolute atomic E-state index is 0. The van der Waals surface area contributed by atoms with Crippen LogP contribution < -0.4 is 4.74 Å². The van der Waals surface area contributed by atoms with Crippen LogP contribution in [-0.4, -0.2) is 22.1 Å². The molecule has 1 N–H and O–H groups in total. The van der Waals surface area contributed by atoms with Gasteiger partial charge in [0.05, 0.1) is 0 Å². The van der Waals surface area contributed by atoms with E-state index in [1.165, 1.54) is 0 Å². The van der Waals surface area contributed by atoms with E-state index in [2.05, 4.69) is 11.1 Å². The smallest absolute Gasteiger partial charge is 0.217 e. The fraction of sp³-hybridized carbons (Fsp3) is 0.154. The van der Waals surface area contributed by atoms with Crippen molar-refractivity contribution < 1.29 is 38.4 Å². The number of nitrogens with zero attached hydrogens (tertiary/aromatic N) is 2. The third-order valence-electron chi connectivity index (χ3n) is 5.72. The summed E-state index contributed by atoms with van der Waals surface area (Å²) in [6.07, 6.45) is -2.43. The second-order valence-electron chi connectivity index (χ2n) is 7.78. The Morgan fingerprint density at radius 2 is 1.94 bits per heavy atom. The molecule has 2 heterocycles. The Hall–Kier alpha value is -3.17. The molecule has 1 aliphatic heterocycles. The van der Waals surface area contributed by atoms with E-state index in [0.717, 1.165) is 10.9 Å². The van der Waals surface area contributed by atoms with Gasteiger partial charge < -0.3 is 14.6 Å². The number of para-hydroxylation sites is 1. The summed E-state index contributed by atoms with van der Waals surface area (Å²) in [5, 5.41) is 10.9. The molecule has 32 heavy (non-hydrogen) atoms. The first-order valence-electron chi connectivity index (χ1n) is 11.0. The van der Waals surface area contributed by atoms with Crippen LogP contribution in [0.5, 0.6) is 17.4 Å². The molecule has 162 valence electrons. The second kappa shape index (κ2) is 7.75. The van der Waals surface area contributed by atoms with Crippen LogP contribution in [0.1, 0.15) is 26.4 Å². The molecule has 0 saturated carbocycles. The van der Waals surface area contributed by atoms with E-state index in [1.807, 2.05) is 37.3 Å². The number of ether oxygens (including phenoxy) is 2. The topological polar surface area (TPSA) is 63.9 Å². The van der Waals surface area contributed by atoms with E-state index in [4.69, 9.17) is 17.2 Å². The van der Waals surface area contributed by atoms with Crippen molar-refractivity contribution in [2.24, 2.45) is 4.99 Å². The normalized spacial score (nSPS) is 23.2. The molecule has 5 nitrogen and oxygen atoms in total. The molecule has 0 fully saturated rings. The molecule has 0 spiro atoms. The average Bonchev–Trinajstić information content (AvgIpc) is 3.26. The number of hydrogen-bond acceptors (Lipinski definition) is 5. The van der Waals surface area contributed by atoms with E-state index in [-0.39, 0.29) is 26.8 Å². The molecular weight excluding hydrogens is 583 g/mol. The number of pyridine rings is 1. The number of hydrogen-bond donors (Lipinski definition) is 1. The fourth-order valence-corrected chi connectivity index (χ4v) is 4.12. The summed E-state index contributed by atoms with van der Waals surface area (Å²) in [6.45, 7) is 1.90. The molecule has 6 heteroatoms. The van der Waals surface area contributed by atoms with Crippen LogP contribution in [0.25, 0.3) is 10.9 Å². The van der Waals surface area contributed by atoms with Gasteiger partial charge in [-0.05, 0) is 30.2 Å². The molecule has 0 unspecified atom stereocenters. The molecule has 6 rings (SSSR count). The number of benzene rings is 3. The van der Waals surface area contributed by atoms with Crippen molar-refractivity contribution in [2.75, 3.05) is 0 Å². The maximum absolute atomic E-state index is 10.1. The maximum atomic E-state index is 10.1. The van der Waals surface area contributed by atoms with Gasteiger partial charge in [0.2, 0.25) is 5.88 Å². The molecule has 0 bridgehead atoms. The van der Waals surface area contributed by atoms with Crippen LogP contribution in [0.3, 0.4) is 0 Å². The van der Waals surface area contributed by atoms with Gasteiger partial charge in [-0.15, -0.1) is 18.2 Å². The average molecular weight is 605 g/mol. The van der Waals surface area contributed by atoms with Gasteiger partial charge in [0.25, 0.3) is 0 Å². The molecule has 4 aromatic rings. The minimum Gasteiger partial charge on any atom is -0.514 e. The summed E-state index contributed by atoms with van der Waals surface area (Å²) < 4.78 is 29.3. The summed E-state index contributed by atoms with van der Waals surface area (Å²) >= 11 is 0. The van der Waals surface area contributed by atoms with Crippen molar-refractivity contribution >= 4 is 16.8 Å². The zero-order valence-electron chi connectivity index (χ0n) is 19.0. The molecule has 1 aliphatic carbocycles. The number of rotatable bonds is 3. The van der Waals surface area contributed by atoms with Crippen LogP contribution in [0.4, 0.5) is 0 Å². The first-order chi connectivity index (χ1) is 15.9. The molecule has 1 aromatic heterocycles. The molecule has 0 amide bonds. The monoisotopic (exact) mass is 604 g/mol. The van der Waals surface area contributed by atoms with E-state index < -0.39 is 18.0 Å². The third-order valence-corrected chi connectivity index (χ3v) is 5.72. The number of aliphatic imine (C=N–C) groups is 1. The van der Waals surface area contributed by atoms with Crippen molar-refractivity contribution in [1.82, 2.24) is 4.98 Å². The van der Waals surface area contributed by atoms with Gasteiger partial charge in [0.1, 0.15) is 28.8 Å². The predicted octanol–water partition coefficient (Wildman–Crippen LogP) is 5.15. The van der Waals surface area contributed by atoms with Crippen LogP contribution in [-0.2, 0) is 37.7 Å². The van der Waals surface area contributed by atoms with Crippen molar-refractivity contribution in [2.45, 2.75) is 24.9 Å². The van der Waals surface area contributed by atoms with Crippen LogP contribution in [0.2, 0.25) is 0 Å². The summed E-state index contributed by atoms with van der Waals surface area (Å²) in [7, 11) is 0. The standard InChI is InChI=1S/C26H19N2O3.Pt/c1-26-20-10-3-2-6-17(20)15-22(26)31-25(28-26)18-8-4-9-19(14-18)30-23-13-12-16-7-5-11-21(29)24(16)27-23;/h2-13,22,29H,15H2,1H3;/q-1;/t22-,26+;/m1./s1/i15D2;. The number of phenols is 1. The Morgan fingerprint density at radius 1 is 1.09 bits per heavy atom. The molecular formula is C26H19N2O3Pt-. The molecule has 2 aliphatic rings. The van der Waals surface area contributed by atoms with Crippen LogP contribution in [0.15, 0.2) is 77.8 Å². The van der Waals surface area contributed by atoms with E-state index >= 15 is 0 Å². The minimum atomic E-state index is -1.66. The van der Waals surface area contributed by atoms with E-state index in [1.54, 1.807) is 42.5 Å². The van der Waals surface area contributed by atoms with Crippen molar-refractivity contribution in [1.29, 1.82) is 0 Å². The zero-order valence-corrected chi connectivity index (χ0v) is 19.3. The summed E-state index contributed by atoms with van der Waals surface area (Å²) in [5.74, 6) is 1.14. The Kier molecular flexibility index (Phi) is 4.46. The van der Waals surface area contributed by atoms with E-state index in [0.29, 0.717) is 34.2 Å². The Labute approximate surface area is 202 Å². The number of aromatic hydroxyl groups is 1. The van der Waals surface area contributed by atoms with Gasteiger partial charge in [-0.3, -0.25) is 4.99 Å². The van der Waals surface area contributed by atoms with Gasteiger partial charge in [-0.25, -0.2) is 4.98 Å². The number of aromatic nitrogens is 1. The molecule has 2 atom stereocenters. The maximum Gasteiger partial charge on any atom is 0.217 e. The van der Waals surface area contributed by atoms with Gasteiger partial charge in [0, 0.05) is 47.4 Å². The first-order valence-corrected chi connectivity index (χ1v) is 10.0. The van der Waals surface area contributed by atoms with Crippen LogP contribution in [0, 0.1) is 6.07 Å². The van der Waals surface area contributed by atoms with Crippen molar-refractivity contribution in [3.05, 3.63) is 95.6 Å². The SMILES string of the molecule is [2H]C1([2H])c2ccccc2[C@]2(C)N=C(c3[c-]c(Oc4ccc5cccc(O)c5n4)ccc3)O[C@H]12.[Pt]. The number of fused-ring (bicyclic) bond motifs is 4. The first kappa shape index (κ1) is 18.4. The Bertz CT molecular complexity index is 1460. The van der Waals surface area contributed by atoms with E-state index in [9.17, 15) is 5.11 Å². The van der Waals surface area contributed by atoms with Gasteiger partial charge in [-0.1, -0.05) is 48.0 Å². The Balaban J connectivity index is 0.00000241. The second-order valence-corrected chi connectivity index (χ2v) is 7.78. The summed E-state index contributed by atoms with van der Waals surface area (Å²) in [4.78, 5) is 9.20. The number of phenolic OH excluding ortho intramolecular Hbond substituents is 1. The van der Waals surface area contributed by atoms with Crippen LogP contribution >= 0.6 is 0 Å². The molecule has 0 radical (unpaired) electrons. The summed E-state index contributed by atoms with van der Waals surface area (Å²) in [5.41, 5.74) is 1.66. The van der Waals surface area contributed by atoms with Crippen molar-refractivity contribution in [3.8, 4) is 17.4 Å². The zero-order chi connectivity index (χ0) is 22.8. The third kappa shape index (κ3) is 3.28. The predicted molar refractivity (Wildman–Crippen MR) is 118 cm³/mol. The van der Waals surface area contributed by atoms with Crippen molar-refractivity contribution in [3.63, 3.8) is 0 Å².